The third kappa shape index (κ3) is 2.99. The van der Waals surface area contributed by atoms with E-state index >= 15 is 0 Å². The molecule has 18 heavy (non-hydrogen) atoms. The molecule has 0 N–H and O–H groups in total. The molecular formula is C16H22O2. The topological polar surface area (TPSA) is 26.3 Å². The van der Waals surface area contributed by atoms with Gasteiger partial charge in [0.1, 0.15) is 6.10 Å². The fourth-order valence-electron chi connectivity index (χ4n) is 2.72. The highest BCUT2D eigenvalue weighted by Gasteiger charge is 2.18. The van der Waals surface area contributed by atoms with Crippen LogP contribution in [0.1, 0.15) is 42.9 Å². The maximum Gasteiger partial charge on any atom is 0.165 e. The number of Topliss-reactive ketones (excluding diaryl/α,β-unsaturated/α-hetero) is 1. The molecule has 0 aromatic heterocycles. The minimum atomic E-state index is -0.233. The highest BCUT2D eigenvalue weighted by Crippen LogP contribution is 2.23. The SMILES string of the molecule is CCCC(OC)C(=O)Cc1ccc2c(c1)CCC2. The number of rotatable bonds is 6. The molecule has 0 saturated carbocycles. The van der Waals surface area contributed by atoms with Crippen LogP contribution in [-0.4, -0.2) is 19.0 Å². The van der Waals surface area contributed by atoms with Crippen molar-refractivity contribution in [3.63, 3.8) is 0 Å². The first kappa shape index (κ1) is 13.3. The first-order valence-corrected chi connectivity index (χ1v) is 6.90. The van der Waals surface area contributed by atoms with Gasteiger partial charge in [-0.25, -0.2) is 0 Å². The molecule has 0 aliphatic heterocycles. The lowest BCUT2D eigenvalue weighted by molar-refractivity contribution is -0.128. The van der Waals surface area contributed by atoms with Gasteiger partial charge in [-0.1, -0.05) is 31.5 Å². The van der Waals surface area contributed by atoms with Crippen molar-refractivity contribution in [3.8, 4) is 0 Å². The van der Waals surface area contributed by atoms with Gasteiger partial charge in [-0.05, 0) is 42.4 Å². The monoisotopic (exact) mass is 246 g/mol. The zero-order valence-electron chi connectivity index (χ0n) is 11.4. The second kappa shape index (κ2) is 6.14. The second-order valence-corrected chi connectivity index (χ2v) is 5.11. The van der Waals surface area contributed by atoms with Crippen molar-refractivity contribution >= 4 is 5.78 Å². The molecule has 1 aliphatic carbocycles. The van der Waals surface area contributed by atoms with Crippen LogP contribution < -0.4 is 0 Å². The van der Waals surface area contributed by atoms with Gasteiger partial charge in [-0.2, -0.15) is 0 Å². The van der Waals surface area contributed by atoms with Crippen molar-refractivity contribution in [1.82, 2.24) is 0 Å². The Morgan fingerprint density at radius 2 is 2.11 bits per heavy atom. The van der Waals surface area contributed by atoms with Crippen LogP contribution in [0.2, 0.25) is 0 Å². The molecule has 98 valence electrons. The van der Waals surface area contributed by atoms with E-state index in [9.17, 15) is 4.79 Å². The molecule has 0 heterocycles. The van der Waals surface area contributed by atoms with Crippen molar-refractivity contribution in [1.29, 1.82) is 0 Å². The molecule has 1 aliphatic rings. The zero-order valence-corrected chi connectivity index (χ0v) is 11.4. The molecule has 1 atom stereocenters. The van der Waals surface area contributed by atoms with E-state index < -0.39 is 0 Å². The standard InChI is InChI=1S/C16H22O2/c1-3-5-16(18-2)15(17)11-12-8-9-13-6-4-7-14(13)10-12/h8-10,16H,3-7,11H2,1-2H3. The Morgan fingerprint density at radius 1 is 1.33 bits per heavy atom. The van der Waals surface area contributed by atoms with Gasteiger partial charge in [0, 0.05) is 13.5 Å². The smallest absolute Gasteiger partial charge is 0.165 e. The lowest BCUT2D eigenvalue weighted by atomic mass is 9.99. The zero-order chi connectivity index (χ0) is 13.0. The van der Waals surface area contributed by atoms with Gasteiger partial charge in [0.2, 0.25) is 0 Å². The molecule has 1 aromatic carbocycles. The molecule has 0 saturated heterocycles. The third-order valence-corrected chi connectivity index (χ3v) is 3.74. The maximum atomic E-state index is 12.1. The summed E-state index contributed by atoms with van der Waals surface area (Å²) >= 11 is 0. The van der Waals surface area contributed by atoms with Gasteiger partial charge in [0.15, 0.2) is 5.78 Å². The van der Waals surface area contributed by atoms with Crippen LogP contribution in [-0.2, 0) is 28.8 Å². The highest BCUT2D eigenvalue weighted by atomic mass is 16.5. The van der Waals surface area contributed by atoms with E-state index in [2.05, 4.69) is 25.1 Å². The normalized spacial score (nSPS) is 15.4. The van der Waals surface area contributed by atoms with Crippen molar-refractivity contribution < 1.29 is 9.53 Å². The average Bonchev–Trinajstić information content (AvgIpc) is 2.83. The number of hydrogen-bond donors (Lipinski definition) is 0. The van der Waals surface area contributed by atoms with Crippen LogP contribution in [0.4, 0.5) is 0 Å². The Kier molecular flexibility index (Phi) is 4.54. The predicted molar refractivity (Wildman–Crippen MR) is 72.9 cm³/mol. The number of aryl methyl sites for hydroxylation is 2. The first-order valence-electron chi connectivity index (χ1n) is 6.90. The van der Waals surface area contributed by atoms with Gasteiger partial charge < -0.3 is 4.74 Å². The summed E-state index contributed by atoms with van der Waals surface area (Å²) in [5.74, 6) is 0.206. The molecule has 2 nitrogen and oxygen atoms in total. The number of ether oxygens (including phenoxy) is 1. The Morgan fingerprint density at radius 3 is 2.83 bits per heavy atom. The lowest BCUT2D eigenvalue weighted by Crippen LogP contribution is -2.24. The number of benzene rings is 1. The van der Waals surface area contributed by atoms with E-state index in [1.54, 1.807) is 7.11 Å². The number of carbonyl (C=O) groups is 1. The number of ketones is 1. The summed E-state index contributed by atoms with van der Waals surface area (Å²) in [5, 5.41) is 0. The minimum Gasteiger partial charge on any atom is -0.374 e. The molecule has 2 rings (SSSR count). The Bertz CT molecular complexity index is 423. The minimum absolute atomic E-state index is 0.206. The molecular weight excluding hydrogens is 224 g/mol. The van der Waals surface area contributed by atoms with E-state index in [1.165, 1.54) is 30.4 Å². The number of methoxy groups -OCH3 is 1. The molecule has 2 heteroatoms. The average molecular weight is 246 g/mol. The highest BCUT2D eigenvalue weighted by molar-refractivity contribution is 5.85. The van der Waals surface area contributed by atoms with Gasteiger partial charge in [0.05, 0.1) is 0 Å². The van der Waals surface area contributed by atoms with Crippen molar-refractivity contribution in [2.24, 2.45) is 0 Å². The summed E-state index contributed by atoms with van der Waals surface area (Å²) in [6.45, 7) is 2.08. The van der Waals surface area contributed by atoms with E-state index in [0.717, 1.165) is 18.4 Å². The van der Waals surface area contributed by atoms with Gasteiger partial charge in [-0.3, -0.25) is 4.79 Å². The van der Waals surface area contributed by atoms with Gasteiger partial charge in [0.25, 0.3) is 0 Å². The molecule has 0 spiro atoms. The van der Waals surface area contributed by atoms with Crippen molar-refractivity contribution in [2.75, 3.05) is 7.11 Å². The summed E-state index contributed by atoms with van der Waals surface area (Å²) in [7, 11) is 1.63. The third-order valence-electron chi connectivity index (χ3n) is 3.74. The Labute approximate surface area is 109 Å². The van der Waals surface area contributed by atoms with Crippen molar-refractivity contribution in [3.05, 3.63) is 34.9 Å². The number of hydrogen-bond acceptors (Lipinski definition) is 2. The van der Waals surface area contributed by atoms with Crippen LogP contribution in [0.25, 0.3) is 0 Å². The number of fused-ring (bicyclic) bond motifs is 1. The maximum absolute atomic E-state index is 12.1. The summed E-state index contributed by atoms with van der Waals surface area (Å²) in [5.41, 5.74) is 4.03. The molecule has 0 bridgehead atoms. The van der Waals surface area contributed by atoms with Crippen molar-refractivity contribution in [2.45, 2.75) is 51.6 Å². The van der Waals surface area contributed by atoms with E-state index in [-0.39, 0.29) is 11.9 Å². The summed E-state index contributed by atoms with van der Waals surface area (Å²) in [6, 6.07) is 6.49. The predicted octanol–water partition coefficient (Wildman–Crippen LogP) is 3.10. The van der Waals surface area contributed by atoms with Crippen LogP contribution in [0.15, 0.2) is 18.2 Å². The van der Waals surface area contributed by atoms with Gasteiger partial charge in [-0.15, -0.1) is 0 Å². The summed E-state index contributed by atoms with van der Waals surface area (Å²) in [4.78, 5) is 12.1. The van der Waals surface area contributed by atoms with E-state index in [0.29, 0.717) is 6.42 Å². The van der Waals surface area contributed by atoms with Crippen LogP contribution >= 0.6 is 0 Å². The van der Waals surface area contributed by atoms with E-state index in [1.807, 2.05) is 0 Å². The van der Waals surface area contributed by atoms with Crippen LogP contribution in [0.3, 0.4) is 0 Å². The molecule has 1 aromatic rings. The number of carbonyl (C=O) groups excluding carboxylic acids is 1. The molecule has 0 amide bonds. The van der Waals surface area contributed by atoms with Crippen LogP contribution in [0.5, 0.6) is 0 Å². The fraction of sp³-hybridized carbons (Fsp3) is 0.562. The van der Waals surface area contributed by atoms with E-state index in [4.69, 9.17) is 4.74 Å². The molecule has 1 unspecified atom stereocenters. The lowest BCUT2D eigenvalue weighted by Gasteiger charge is -2.13. The van der Waals surface area contributed by atoms with Crippen LogP contribution in [0, 0.1) is 0 Å². The summed E-state index contributed by atoms with van der Waals surface area (Å²) in [6.07, 6.45) is 5.69. The first-order chi connectivity index (χ1) is 8.74. The Balaban J connectivity index is 2.02. The quantitative estimate of drug-likeness (QED) is 0.771. The molecule has 0 fully saturated rings. The fourth-order valence-corrected chi connectivity index (χ4v) is 2.72. The van der Waals surface area contributed by atoms with Gasteiger partial charge >= 0.3 is 0 Å². The second-order valence-electron chi connectivity index (χ2n) is 5.11. The largest absolute Gasteiger partial charge is 0.374 e. The molecule has 0 radical (unpaired) electrons. The summed E-state index contributed by atoms with van der Waals surface area (Å²) < 4.78 is 5.27. The Hall–Kier alpha value is -1.15.